The maximum absolute atomic E-state index is 12.0. The Morgan fingerprint density at radius 3 is 2.61 bits per heavy atom. The van der Waals surface area contributed by atoms with Crippen LogP contribution in [0.5, 0.6) is 0 Å². The minimum absolute atomic E-state index is 0.0254. The van der Waals surface area contributed by atoms with E-state index in [-0.39, 0.29) is 24.5 Å². The van der Waals surface area contributed by atoms with Crippen molar-refractivity contribution in [1.82, 2.24) is 5.32 Å². The molecule has 0 saturated heterocycles. The Bertz CT molecular complexity index is 418. The lowest BCUT2D eigenvalue weighted by Gasteiger charge is -2.21. The van der Waals surface area contributed by atoms with Gasteiger partial charge >= 0.3 is 0 Å². The summed E-state index contributed by atoms with van der Waals surface area (Å²) in [4.78, 5) is 12.0. The van der Waals surface area contributed by atoms with Crippen molar-refractivity contribution in [3.05, 3.63) is 34.3 Å². The third kappa shape index (κ3) is 4.00. The number of aliphatic hydroxyl groups is 1. The quantitative estimate of drug-likeness (QED) is 0.864. The highest BCUT2D eigenvalue weighted by molar-refractivity contribution is 6.31. The van der Waals surface area contributed by atoms with Gasteiger partial charge in [-0.25, -0.2) is 0 Å². The molecule has 0 aliphatic heterocycles. The third-order valence-electron chi connectivity index (χ3n) is 3.00. The molecule has 3 nitrogen and oxygen atoms in total. The van der Waals surface area contributed by atoms with Gasteiger partial charge in [0.25, 0.3) is 5.91 Å². The molecule has 0 radical (unpaired) electrons. The Morgan fingerprint density at radius 2 is 2.11 bits per heavy atom. The number of nitrogens with one attached hydrogen (secondary N) is 1. The number of halogens is 1. The van der Waals surface area contributed by atoms with Gasteiger partial charge in [0.15, 0.2) is 0 Å². The van der Waals surface area contributed by atoms with E-state index in [1.54, 1.807) is 12.1 Å². The van der Waals surface area contributed by atoms with E-state index in [9.17, 15) is 4.79 Å². The SMILES string of the molecule is Cc1ccc(C(=O)NC(CCO)C(C)C)cc1Cl. The third-order valence-corrected chi connectivity index (χ3v) is 3.40. The van der Waals surface area contributed by atoms with Crippen molar-refractivity contribution >= 4 is 17.5 Å². The molecular formula is C14H20ClNO2. The molecule has 100 valence electrons. The minimum atomic E-state index is -0.149. The highest BCUT2D eigenvalue weighted by Crippen LogP contribution is 2.17. The van der Waals surface area contributed by atoms with Crippen LogP contribution >= 0.6 is 11.6 Å². The molecular weight excluding hydrogens is 250 g/mol. The van der Waals surface area contributed by atoms with Crippen LogP contribution in [0.1, 0.15) is 36.2 Å². The molecule has 0 saturated carbocycles. The molecule has 2 N–H and O–H groups in total. The lowest BCUT2D eigenvalue weighted by Crippen LogP contribution is -2.39. The van der Waals surface area contributed by atoms with Crippen LogP contribution in [-0.2, 0) is 0 Å². The Kier molecular flexibility index (Phi) is 5.63. The van der Waals surface area contributed by atoms with Crippen LogP contribution in [0.4, 0.5) is 0 Å². The highest BCUT2D eigenvalue weighted by Gasteiger charge is 2.16. The van der Waals surface area contributed by atoms with Gasteiger partial charge in [0.05, 0.1) is 0 Å². The Balaban J connectivity index is 2.77. The maximum atomic E-state index is 12.0. The summed E-state index contributed by atoms with van der Waals surface area (Å²) in [5.41, 5.74) is 1.50. The van der Waals surface area contributed by atoms with E-state index in [0.29, 0.717) is 17.0 Å². The van der Waals surface area contributed by atoms with Gasteiger partial charge in [-0.1, -0.05) is 31.5 Å². The van der Waals surface area contributed by atoms with E-state index in [0.717, 1.165) is 5.56 Å². The van der Waals surface area contributed by atoms with Crippen molar-refractivity contribution in [2.45, 2.75) is 33.2 Å². The zero-order valence-electron chi connectivity index (χ0n) is 11.0. The van der Waals surface area contributed by atoms with Crippen molar-refractivity contribution in [1.29, 1.82) is 0 Å². The number of rotatable bonds is 5. The summed E-state index contributed by atoms with van der Waals surface area (Å²) in [5, 5.41) is 12.5. The predicted molar refractivity (Wildman–Crippen MR) is 74.0 cm³/mol. The second-order valence-electron chi connectivity index (χ2n) is 4.80. The summed E-state index contributed by atoms with van der Waals surface area (Å²) >= 11 is 6.00. The summed E-state index contributed by atoms with van der Waals surface area (Å²) in [5.74, 6) is 0.131. The lowest BCUT2D eigenvalue weighted by atomic mass is 10.0. The van der Waals surface area contributed by atoms with Crippen LogP contribution in [0.15, 0.2) is 18.2 Å². The van der Waals surface area contributed by atoms with E-state index in [1.807, 2.05) is 26.8 Å². The number of carbonyl (C=O) groups excluding carboxylic acids is 1. The molecule has 0 heterocycles. The standard InChI is InChI=1S/C14H20ClNO2/c1-9(2)13(6-7-17)16-14(18)11-5-4-10(3)12(15)8-11/h4-5,8-9,13,17H,6-7H2,1-3H3,(H,16,18). The van der Waals surface area contributed by atoms with Gasteiger partial charge < -0.3 is 10.4 Å². The molecule has 4 heteroatoms. The fraction of sp³-hybridized carbons (Fsp3) is 0.500. The smallest absolute Gasteiger partial charge is 0.251 e. The van der Waals surface area contributed by atoms with E-state index >= 15 is 0 Å². The lowest BCUT2D eigenvalue weighted by molar-refractivity contribution is 0.0916. The second kappa shape index (κ2) is 6.76. The second-order valence-corrected chi connectivity index (χ2v) is 5.21. The van der Waals surface area contributed by atoms with Gasteiger partial charge in [0.1, 0.15) is 0 Å². The van der Waals surface area contributed by atoms with E-state index in [2.05, 4.69) is 5.32 Å². The summed E-state index contributed by atoms with van der Waals surface area (Å²) in [7, 11) is 0. The number of benzene rings is 1. The van der Waals surface area contributed by atoms with E-state index in [4.69, 9.17) is 16.7 Å². The highest BCUT2D eigenvalue weighted by atomic mass is 35.5. The summed E-state index contributed by atoms with van der Waals surface area (Å²) in [6.45, 7) is 6.00. The topological polar surface area (TPSA) is 49.3 Å². The first-order valence-electron chi connectivity index (χ1n) is 6.13. The zero-order chi connectivity index (χ0) is 13.7. The molecule has 1 unspecified atom stereocenters. The van der Waals surface area contributed by atoms with Gasteiger partial charge in [-0.2, -0.15) is 0 Å². The number of carbonyl (C=O) groups is 1. The first kappa shape index (κ1) is 15.0. The van der Waals surface area contributed by atoms with Crippen LogP contribution in [0.25, 0.3) is 0 Å². The number of aliphatic hydroxyl groups excluding tert-OH is 1. The molecule has 0 spiro atoms. The zero-order valence-corrected chi connectivity index (χ0v) is 11.8. The van der Waals surface area contributed by atoms with Crippen molar-refractivity contribution in [3.8, 4) is 0 Å². The minimum Gasteiger partial charge on any atom is -0.396 e. The summed E-state index contributed by atoms with van der Waals surface area (Å²) in [6.07, 6.45) is 0.559. The van der Waals surface area contributed by atoms with Gasteiger partial charge in [-0.3, -0.25) is 4.79 Å². The van der Waals surface area contributed by atoms with Gasteiger partial charge in [0, 0.05) is 23.2 Å². The van der Waals surface area contributed by atoms with Crippen molar-refractivity contribution < 1.29 is 9.90 Å². The first-order valence-corrected chi connectivity index (χ1v) is 6.51. The Hall–Kier alpha value is -1.06. The molecule has 1 aromatic rings. The predicted octanol–water partition coefficient (Wildman–Crippen LogP) is 2.79. The molecule has 0 fully saturated rings. The number of hydrogen-bond donors (Lipinski definition) is 2. The molecule has 18 heavy (non-hydrogen) atoms. The fourth-order valence-electron chi connectivity index (χ4n) is 1.70. The van der Waals surface area contributed by atoms with Gasteiger partial charge in [-0.15, -0.1) is 0 Å². The Labute approximate surface area is 113 Å². The molecule has 1 rings (SSSR count). The van der Waals surface area contributed by atoms with E-state index < -0.39 is 0 Å². The number of amides is 1. The molecule has 1 aromatic carbocycles. The molecule has 0 aliphatic carbocycles. The summed E-state index contributed by atoms with van der Waals surface area (Å²) in [6, 6.07) is 5.23. The van der Waals surface area contributed by atoms with E-state index in [1.165, 1.54) is 0 Å². The number of aryl methyl sites for hydroxylation is 1. The molecule has 0 bridgehead atoms. The fourth-order valence-corrected chi connectivity index (χ4v) is 1.88. The average Bonchev–Trinajstić information content (AvgIpc) is 2.31. The van der Waals surface area contributed by atoms with Crippen LogP contribution in [0.2, 0.25) is 5.02 Å². The van der Waals surface area contributed by atoms with Crippen LogP contribution < -0.4 is 5.32 Å². The first-order chi connectivity index (χ1) is 8.45. The van der Waals surface area contributed by atoms with Crippen molar-refractivity contribution in [2.24, 2.45) is 5.92 Å². The van der Waals surface area contributed by atoms with Crippen molar-refractivity contribution in [2.75, 3.05) is 6.61 Å². The van der Waals surface area contributed by atoms with Crippen LogP contribution in [0, 0.1) is 12.8 Å². The van der Waals surface area contributed by atoms with Crippen molar-refractivity contribution in [3.63, 3.8) is 0 Å². The molecule has 1 amide bonds. The van der Waals surface area contributed by atoms with Crippen LogP contribution in [-0.4, -0.2) is 23.7 Å². The largest absolute Gasteiger partial charge is 0.396 e. The molecule has 0 aliphatic rings. The molecule has 1 atom stereocenters. The monoisotopic (exact) mass is 269 g/mol. The number of hydrogen-bond acceptors (Lipinski definition) is 2. The van der Waals surface area contributed by atoms with Crippen LogP contribution in [0.3, 0.4) is 0 Å². The maximum Gasteiger partial charge on any atom is 0.251 e. The van der Waals surface area contributed by atoms with Gasteiger partial charge in [-0.05, 0) is 37.0 Å². The Morgan fingerprint density at radius 1 is 1.44 bits per heavy atom. The normalized spacial score (nSPS) is 12.6. The molecule has 0 aromatic heterocycles. The summed E-state index contributed by atoms with van der Waals surface area (Å²) < 4.78 is 0. The average molecular weight is 270 g/mol. The van der Waals surface area contributed by atoms with Gasteiger partial charge in [0.2, 0.25) is 0 Å².